The Balaban J connectivity index is 1.88. The summed E-state index contributed by atoms with van der Waals surface area (Å²) in [6.07, 6.45) is 8.61. The van der Waals surface area contributed by atoms with Crippen LogP contribution in [0.4, 0.5) is 0 Å². The predicted molar refractivity (Wildman–Crippen MR) is 66.9 cm³/mol. The Morgan fingerprint density at radius 1 is 1.29 bits per heavy atom. The number of amides is 1. The minimum absolute atomic E-state index is 0.0417. The van der Waals surface area contributed by atoms with E-state index in [4.69, 9.17) is 0 Å². The van der Waals surface area contributed by atoms with Crippen molar-refractivity contribution in [2.24, 2.45) is 0 Å². The van der Waals surface area contributed by atoms with Crippen LogP contribution in [-0.2, 0) is 0 Å². The van der Waals surface area contributed by atoms with E-state index in [0.717, 1.165) is 18.5 Å². The fourth-order valence-corrected chi connectivity index (χ4v) is 2.39. The van der Waals surface area contributed by atoms with Crippen LogP contribution in [0.2, 0.25) is 0 Å². The molecule has 0 aromatic carbocycles. The molecule has 0 saturated heterocycles. The summed E-state index contributed by atoms with van der Waals surface area (Å²) >= 11 is 0. The second-order valence-electron chi connectivity index (χ2n) is 4.95. The molecule has 1 aliphatic carbocycles. The number of hydrogen-bond acceptors (Lipinski definition) is 2. The molecule has 1 heterocycles. The molecule has 0 atom stereocenters. The molecule has 94 valence electrons. The van der Waals surface area contributed by atoms with Crippen LogP contribution < -0.4 is 5.32 Å². The number of nitrogens with zero attached hydrogens (tertiary/aromatic N) is 1. The number of hydrogen-bond donors (Lipinski definition) is 2. The van der Waals surface area contributed by atoms with Gasteiger partial charge in [-0.15, -0.1) is 0 Å². The fourth-order valence-electron chi connectivity index (χ4n) is 2.39. The molecule has 0 unspecified atom stereocenters. The maximum Gasteiger partial charge on any atom is 0.271 e. The first-order valence-corrected chi connectivity index (χ1v) is 6.58. The number of carbonyl (C=O) groups is 1. The number of aryl methyl sites for hydroxylation is 1. The molecule has 4 heteroatoms. The van der Waals surface area contributed by atoms with Gasteiger partial charge >= 0.3 is 0 Å². The van der Waals surface area contributed by atoms with Crippen molar-refractivity contribution in [3.63, 3.8) is 0 Å². The fraction of sp³-hybridized carbons (Fsp3) is 0.692. The van der Waals surface area contributed by atoms with E-state index in [1.807, 2.05) is 6.92 Å². The Morgan fingerprint density at radius 3 is 2.53 bits per heavy atom. The summed E-state index contributed by atoms with van der Waals surface area (Å²) in [7, 11) is 0. The molecule has 17 heavy (non-hydrogen) atoms. The number of nitrogens with one attached hydrogen (secondary N) is 2. The molecule has 0 spiro atoms. The lowest BCUT2D eigenvalue weighted by atomic mass is 9.96. The molecule has 1 aromatic rings. The van der Waals surface area contributed by atoms with Gasteiger partial charge in [-0.3, -0.25) is 9.89 Å². The quantitative estimate of drug-likeness (QED) is 0.827. The van der Waals surface area contributed by atoms with Gasteiger partial charge in [0.25, 0.3) is 5.91 Å². The van der Waals surface area contributed by atoms with Crippen LogP contribution in [0, 0.1) is 6.92 Å². The highest BCUT2D eigenvalue weighted by atomic mass is 16.2. The highest BCUT2D eigenvalue weighted by Gasteiger charge is 2.16. The number of aromatic amines is 1. The first-order chi connectivity index (χ1) is 8.25. The number of aromatic nitrogens is 2. The molecular weight excluding hydrogens is 214 g/mol. The Hall–Kier alpha value is -1.32. The largest absolute Gasteiger partial charge is 0.348 e. The predicted octanol–water partition coefficient (Wildman–Crippen LogP) is 2.56. The topological polar surface area (TPSA) is 57.8 Å². The van der Waals surface area contributed by atoms with Gasteiger partial charge in [-0.2, -0.15) is 5.10 Å². The first-order valence-electron chi connectivity index (χ1n) is 6.58. The first kappa shape index (κ1) is 12.1. The highest BCUT2D eigenvalue weighted by molar-refractivity contribution is 5.92. The second-order valence-corrected chi connectivity index (χ2v) is 4.95. The molecule has 1 aliphatic rings. The van der Waals surface area contributed by atoms with Crippen LogP contribution in [0.15, 0.2) is 6.07 Å². The van der Waals surface area contributed by atoms with Crippen LogP contribution in [0.3, 0.4) is 0 Å². The Morgan fingerprint density at radius 2 is 1.94 bits per heavy atom. The lowest BCUT2D eigenvalue weighted by Crippen LogP contribution is -2.35. The van der Waals surface area contributed by atoms with Crippen LogP contribution in [0.25, 0.3) is 0 Å². The molecule has 2 rings (SSSR count). The molecule has 0 radical (unpaired) electrons. The van der Waals surface area contributed by atoms with Gasteiger partial charge in [-0.1, -0.05) is 32.1 Å². The standard InChI is InChI=1S/C13H21N3O/c1-10-9-12(16-15-10)13(17)14-11-7-5-3-2-4-6-8-11/h9,11H,2-8H2,1H3,(H,14,17)(H,15,16). The molecule has 1 amide bonds. The van der Waals surface area contributed by atoms with Crippen molar-refractivity contribution in [1.29, 1.82) is 0 Å². The Bertz CT molecular complexity index is 364. The summed E-state index contributed by atoms with van der Waals surface area (Å²) in [5.41, 5.74) is 1.43. The molecule has 0 aliphatic heterocycles. The molecule has 1 saturated carbocycles. The van der Waals surface area contributed by atoms with Gasteiger partial charge in [-0.05, 0) is 25.8 Å². The van der Waals surface area contributed by atoms with Crippen LogP contribution in [-0.4, -0.2) is 22.1 Å². The smallest absolute Gasteiger partial charge is 0.271 e. The highest BCUT2D eigenvalue weighted by Crippen LogP contribution is 2.17. The minimum atomic E-state index is -0.0417. The van der Waals surface area contributed by atoms with Crippen LogP contribution in [0.5, 0.6) is 0 Å². The van der Waals surface area contributed by atoms with Gasteiger partial charge in [0, 0.05) is 11.7 Å². The van der Waals surface area contributed by atoms with E-state index < -0.39 is 0 Å². The van der Waals surface area contributed by atoms with Crippen LogP contribution >= 0.6 is 0 Å². The summed E-state index contributed by atoms with van der Waals surface area (Å²) in [5.74, 6) is -0.0417. The summed E-state index contributed by atoms with van der Waals surface area (Å²) in [5, 5.41) is 9.88. The second kappa shape index (κ2) is 5.84. The zero-order valence-electron chi connectivity index (χ0n) is 10.5. The van der Waals surface area contributed by atoms with E-state index in [1.165, 1.54) is 32.1 Å². The zero-order chi connectivity index (χ0) is 12.1. The van der Waals surface area contributed by atoms with Gasteiger partial charge in [0.15, 0.2) is 0 Å². The number of rotatable bonds is 2. The summed E-state index contributed by atoms with van der Waals surface area (Å²) in [4.78, 5) is 11.9. The third kappa shape index (κ3) is 3.58. The molecular formula is C13H21N3O. The Kier molecular flexibility index (Phi) is 4.18. The van der Waals surface area contributed by atoms with E-state index in [2.05, 4.69) is 15.5 Å². The van der Waals surface area contributed by atoms with Crippen molar-refractivity contribution >= 4 is 5.91 Å². The lowest BCUT2D eigenvalue weighted by molar-refractivity contribution is 0.0925. The van der Waals surface area contributed by atoms with Crippen molar-refractivity contribution in [3.8, 4) is 0 Å². The van der Waals surface area contributed by atoms with E-state index >= 15 is 0 Å². The van der Waals surface area contributed by atoms with E-state index in [9.17, 15) is 4.79 Å². The van der Waals surface area contributed by atoms with Gasteiger partial charge < -0.3 is 5.32 Å². The zero-order valence-corrected chi connectivity index (χ0v) is 10.5. The normalized spacial score (nSPS) is 18.4. The van der Waals surface area contributed by atoms with Crippen molar-refractivity contribution in [2.45, 2.75) is 57.9 Å². The molecule has 2 N–H and O–H groups in total. The van der Waals surface area contributed by atoms with Gasteiger partial charge in [0.2, 0.25) is 0 Å². The number of carbonyl (C=O) groups excluding carboxylic acids is 1. The monoisotopic (exact) mass is 235 g/mol. The van der Waals surface area contributed by atoms with Gasteiger partial charge in [0.1, 0.15) is 5.69 Å². The molecule has 1 fully saturated rings. The molecule has 1 aromatic heterocycles. The third-order valence-electron chi connectivity index (χ3n) is 3.38. The van der Waals surface area contributed by atoms with Crippen LogP contribution in [0.1, 0.15) is 61.1 Å². The van der Waals surface area contributed by atoms with Crippen molar-refractivity contribution < 1.29 is 4.79 Å². The Labute approximate surface area is 102 Å². The van der Waals surface area contributed by atoms with Crippen molar-refractivity contribution in [2.75, 3.05) is 0 Å². The summed E-state index contributed by atoms with van der Waals surface area (Å²) in [6, 6.07) is 2.12. The molecule has 0 bridgehead atoms. The summed E-state index contributed by atoms with van der Waals surface area (Å²) in [6.45, 7) is 1.90. The van der Waals surface area contributed by atoms with Gasteiger partial charge in [-0.25, -0.2) is 0 Å². The van der Waals surface area contributed by atoms with E-state index in [1.54, 1.807) is 6.07 Å². The van der Waals surface area contributed by atoms with Crippen molar-refractivity contribution in [1.82, 2.24) is 15.5 Å². The average Bonchev–Trinajstić information content (AvgIpc) is 2.68. The third-order valence-corrected chi connectivity index (χ3v) is 3.38. The lowest BCUT2D eigenvalue weighted by Gasteiger charge is -2.20. The SMILES string of the molecule is Cc1cc(C(=O)NC2CCCCCCC2)n[nH]1. The van der Waals surface area contributed by atoms with Crippen molar-refractivity contribution in [3.05, 3.63) is 17.5 Å². The maximum atomic E-state index is 11.9. The minimum Gasteiger partial charge on any atom is -0.348 e. The van der Waals surface area contributed by atoms with Gasteiger partial charge in [0.05, 0.1) is 0 Å². The number of H-pyrrole nitrogens is 1. The summed E-state index contributed by atoms with van der Waals surface area (Å²) < 4.78 is 0. The average molecular weight is 235 g/mol. The van der Waals surface area contributed by atoms with E-state index in [0.29, 0.717) is 11.7 Å². The van der Waals surface area contributed by atoms with E-state index in [-0.39, 0.29) is 5.91 Å². The maximum absolute atomic E-state index is 11.9. The molecule has 4 nitrogen and oxygen atoms in total.